The molecule has 0 fully saturated rings. The molecule has 0 saturated heterocycles. The first-order chi connectivity index (χ1) is 31.5. The second kappa shape index (κ2) is 14.3. The first kappa shape index (κ1) is 25.1. The molecule has 2 aromatic heterocycles. The molecule has 0 atom stereocenters. The van der Waals surface area contributed by atoms with Gasteiger partial charge >= 0.3 is 0 Å². The highest BCUT2D eigenvalue weighted by molar-refractivity contribution is 5.85. The molecule has 0 bridgehead atoms. The van der Waals surface area contributed by atoms with Crippen molar-refractivity contribution in [2.24, 2.45) is 0 Å². The summed E-state index contributed by atoms with van der Waals surface area (Å²) in [6.07, 6.45) is 3.51. The Morgan fingerprint density at radius 3 is 1.86 bits per heavy atom. The van der Waals surface area contributed by atoms with Crippen LogP contribution in [0.4, 0.5) is 0 Å². The quantitative estimate of drug-likeness (QED) is 0.131. The molecule has 0 amide bonds. The third-order valence-corrected chi connectivity index (χ3v) is 9.81. The van der Waals surface area contributed by atoms with Gasteiger partial charge in [-0.1, -0.05) is 172 Å². The van der Waals surface area contributed by atoms with E-state index in [0.717, 1.165) is 22.3 Å². The van der Waals surface area contributed by atoms with Gasteiger partial charge in [0, 0.05) is 5.56 Å². The van der Waals surface area contributed by atoms with Crippen LogP contribution in [0.2, 0.25) is 0 Å². The number of rotatable bonds is 7. The van der Waals surface area contributed by atoms with Crippen LogP contribution in [0.5, 0.6) is 5.75 Å². The van der Waals surface area contributed by atoms with Gasteiger partial charge in [0.15, 0.2) is 0 Å². The molecule has 1 N–H and O–H groups in total. The lowest BCUT2D eigenvalue weighted by molar-refractivity contribution is -0.571. The largest absolute Gasteiger partial charge is 0.507 e. The van der Waals surface area contributed by atoms with Gasteiger partial charge in [-0.2, -0.15) is 0 Å². The van der Waals surface area contributed by atoms with E-state index in [1.165, 1.54) is 0 Å². The van der Waals surface area contributed by atoms with Gasteiger partial charge in [0.1, 0.15) is 5.75 Å². The molecule has 270 valence electrons. The minimum Gasteiger partial charge on any atom is -0.507 e. The molecule has 7 aromatic carbocycles. The first-order valence-corrected chi connectivity index (χ1v) is 18.2. The Morgan fingerprint density at radius 2 is 1.18 bits per heavy atom. The molecule has 0 radical (unpaired) electrons. The molecule has 56 heavy (non-hydrogen) atoms. The van der Waals surface area contributed by atoms with Gasteiger partial charge in [-0.15, -0.1) is 0 Å². The molecule has 4 nitrogen and oxygen atoms in total. The fourth-order valence-corrected chi connectivity index (χ4v) is 7.00. The smallest absolute Gasteiger partial charge is 0.269 e. The predicted octanol–water partition coefficient (Wildman–Crippen LogP) is 12.4. The molecule has 9 aromatic rings. The van der Waals surface area contributed by atoms with Crippen molar-refractivity contribution >= 4 is 11.0 Å². The number of pyridine rings is 1. The average molecular weight is 734 g/mol. The number of imidazole rings is 1. The van der Waals surface area contributed by atoms with Crippen LogP contribution in [0.15, 0.2) is 188 Å². The topological polar surface area (TPSA) is 41.9 Å². The van der Waals surface area contributed by atoms with Crippen LogP contribution in [-0.2, 0) is 5.41 Å². The predicted molar refractivity (Wildman–Crippen MR) is 229 cm³/mol. The van der Waals surface area contributed by atoms with Crippen molar-refractivity contribution in [1.82, 2.24) is 9.55 Å². The van der Waals surface area contributed by atoms with E-state index in [2.05, 4.69) is 39.2 Å². The summed E-state index contributed by atoms with van der Waals surface area (Å²) in [6, 6.07) is 34.1. The van der Waals surface area contributed by atoms with Crippen LogP contribution >= 0.6 is 0 Å². The summed E-state index contributed by atoms with van der Waals surface area (Å²) in [7, 11) is 0. The number of hydrogen-bond acceptors (Lipinski definition) is 2. The Morgan fingerprint density at radius 1 is 0.571 bits per heavy atom. The second-order valence-electron chi connectivity index (χ2n) is 14.5. The Bertz CT molecular complexity index is 3290. The maximum Gasteiger partial charge on any atom is 0.269 e. The van der Waals surface area contributed by atoms with Gasteiger partial charge in [-0.3, -0.25) is 9.13 Å². The maximum absolute atomic E-state index is 11.0. The van der Waals surface area contributed by atoms with Crippen LogP contribution in [0.25, 0.3) is 78.3 Å². The van der Waals surface area contributed by atoms with E-state index in [0.29, 0.717) is 33.7 Å². The van der Waals surface area contributed by atoms with Gasteiger partial charge in [0.25, 0.3) is 6.33 Å². The van der Waals surface area contributed by atoms with Crippen LogP contribution in [0.3, 0.4) is 0 Å². The average Bonchev–Trinajstić information content (AvgIpc) is 3.71. The molecule has 0 saturated carbocycles. The van der Waals surface area contributed by atoms with Crippen LogP contribution in [0, 0.1) is 6.33 Å². The van der Waals surface area contributed by atoms with Crippen LogP contribution in [-0.4, -0.2) is 14.7 Å². The van der Waals surface area contributed by atoms with E-state index < -0.39 is 60.4 Å². The summed E-state index contributed by atoms with van der Waals surface area (Å²) in [5.41, 5.74) is 7.10. The molecule has 0 unspecified atom stereocenters. The fourth-order valence-electron chi connectivity index (χ4n) is 7.00. The summed E-state index contributed by atoms with van der Waals surface area (Å²) in [4.78, 5) is 5.15. The fraction of sp³-hybridized carbons (Fsp3) is 0.0769. The number of nitrogens with zero attached hydrogens (tertiary/aromatic N) is 3. The second-order valence-corrected chi connectivity index (χ2v) is 14.5. The standard InChI is InChI=1S/C52H41N3O/c1-52(2,3)41-30-40(46-32-39(36-18-7-4-8-19-36)33-47(53-46)45-24-13-16-29-50(45)56)31-42(34-41)54-35-55(49-28-15-14-27-48(49)54)51-43(37-20-9-5-10-21-37)25-17-26-44(51)38-22-11-6-12-23-38/h4-34,56H,1-3H3/i5D,6D,9D,10D,11D,12D,20D,21D,22D,23D. The maximum atomic E-state index is 11.0. The van der Waals surface area contributed by atoms with Gasteiger partial charge in [-0.05, 0) is 86.3 Å². The SMILES string of the molecule is [2H]c1c([2H])c([2H])c(-c2cccc(-c3c([2H])c([2H])c([2H])c([2H])c3[2H])c2-[n+]2[c-]n(-c3cc(-c4cc(-c5ccccc5)cc(-c5ccccc5O)n4)cc(C(C)(C)C)c3)c3ccccc32)c([2H])c1[2H]. The summed E-state index contributed by atoms with van der Waals surface area (Å²) in [5, 5.41) is 11.0. The van der Waals surface area contributed by atoms with Crippen molar-refractivity contribution in [2.45, 2.75) is 26.2 Å². The van der Waals surface area contributed by atoms with Crippen LogP contribution < -0.4 is 4.57 Å². The zero-order chi connectivity index (χ0) is 46.9. The number of fused-ring (bicyclic) bond motifs is 1. The van der Waals surface area contributed by atoms with E-state index >= 15 is 0 Å². The molecule has 0 aliphatic rings. The summed E-state index contributed by atoms with van der Waals surface area (Å²) < 4.78 is 90.8. The molecule has 0 aliphatic carbocycles. The van der Waals surface area contributed by atoms with E-state index in [1.54, 1.807) is 34.9 Å². The van der Waals surface area contributed by atoms with Gasteiger partial charge in [0.2, 0.25) is 0 Å². The molecule has 2 heterocycles. The van der Waals surface area contributed by atoms with Gasteiger partial charge in [-0.25, -0.2) is 4.98 Å². The van der Waals surface area contributed by atoms with E-state index in [-0.39, 0.29) is 39.1 Å². The minimum atomic E-state index is -0.570. The number of benzene rings is 7. The zero-order valence-corrected chi connectivity index (χ0v) is 30.9. The molecular weight excluding hydrogens is 683 g/mol. The third-order valence-electron chi connectivity index (χ3n) is 9.81. The van der Waals surface area contributed by atoms with Crippen LogP contribution in [0.1, 0.15) is 40.0 Å². The highest BCUT2D eigenvalue weighted by atomic mass is 16.3. The Balaban J connectivity index is 1.36. The van der Waals surface area contributed by atoms with Crippen molar-refractivity contribution in [3.63, 3.8) is 0 Å². The first-order valence-electron chi connectivity index (χ1n) is 23.2. The van der Waals surface area contributed by atoms with E-state index in [4.69, 9.17) is 18.7 Å². The van der Waals surface area contributed by atoms with Crippen molar-refractivity contribution in [3.05, 3.63) is 200 Å². The highest BCUT2D eigenvalue weighted by Crippen LogP contribution is 2.38. The number of para-hydroxylation sites is 4. The Kier molecular flexibility index (Phi) is 6.42. The Labute approximate surface area is 342 Å². The number of hydrogen-bond donors (Lipinski definition) is 1. The zero-order valence-electron chi connectivity index (χ0n) is 40.9. The summed E-state index contributed by atoms with van der Waals surface area (Å²) in [6.45, 7) is 6.33. The van der Waals surface area contributed by atoms with Crippen molar-refractivity contribution in [3.8, 4) is 73.0 Å². The summed E-state index contributed by atoms with van der Waals surface area (Å²) >= 11 is 0. The highest BCUT2D eigenvalue weighted by Gasteiger charge is 2.22. The van der Waals surface area contributed by atoms with Crippen molar-refractivity contribution in [1.29, 1.82) is 0 Å². The molecule has 0 spiro atoms. The minimum absolute atomic E-state index is 0.0927. The lowest BCUT2D eigenvalue weighted by Crippen LogP contribution is -2.31. The van der Waals surface area contributed by atoms with Crippen molar-refractivity contribution in [2.75, 3.05) is 0 Å². The monoisotopic (exact) mass is 733 g/mol. The normalized spacial score (nSPS) is 14.1. The Hall–Kier alpha value is -7.04. The third kappa shape index (κ3) is 6.56. The molecule has 9 rings (SSSR count). The number of aromatic hydroxyl groups is 1. The molecular formula is C52H41N3O. The lowest BCUT2D eigenvalue weighted by atomic mass is 9.85. The van der Waals surface area contributed by atoms with Crippen molar-refractivity contribution < 1.29 is 23.4 Å². The number of phenols is 1. The van der Waals surface area contributed by atoms with Gasteiger partial charge < -0.3 is 5.11 Å². The number of aromatic nitrogens is 3. The lowest BCUT2D eigenvalue weighted by Gasteiger charge is -2.22. The molecule has 0 aliphatic heterocycles. The van der Waals surface area contributed by atoms with Gasteiger partial charge in [0.05, 0.1) is 47.5 Å². The molecule has 4 heteroatoms. The van der Waals surface area contributed by atoms with E-state index in [1.807, 2.05) is 89.5 Å². The summed E-state index contributed by atoms with van der Waals surface area (Å²) in [5.74, 6) is 0.0927. The number of phenolic OH excluding ortho intramolecular Hbond substituents is 1. The van der Waals surface area contributed by atoms with E-state index in [9.17, 15) is 5.11 Å².